The molecule has 0 aliphatic carbocycles. The zero-order chi connectivity index (χ0) is 17.5. The first-order valence-corrected chi connectivity index (χ1v) is 8.72. The van der Waals surface area contributed by atoms with Gasteiger partial charge in [-0.25, -0.2) is 9.97 Å². The van der Waals surface area contributed by atoms with E-state index in [0.29, 0.717) is 6.04 Å². The summed E-state index contributed by atoms with van der Waals surface area (Å²) < 4.78 is 1.72. The number of hydrogen-bond donors (Lipinski definition) is 1. The van der Waals surface area contributed by atoms with Crippen molar-refractivity contribution in [2.45, 2.75) is 19.5 Å². The third kappa shape index (κ3) is 2.66. The average Bonchev–Trinajstić information content (AvgIpc) is 3.27. The van der Waals surface area contributed by atoms with Crippen LogP contribution in [0.2, 0.25) is 0 Å². The van der Waals surface area contributed by atoms with Gasteiger partial charge in [0.2, 0.25) is 0 Å². The first kappa shape index (κ1) is 15.2. The summed E-state index contributed by atoms with van der Waals surface area (Å²) in [5.74, 6) is 1.92. The van der Waals surface area contributed by atoms with Crippen molar-refractivity contribution in [1.29, 1.82) is 0 Å². The summed E-state index contributed by atoms with van der Waals surface area (Å²) in [5, 5.41) is 12.5. The molecule has 1 aliphatic heterocycles. The molecule has 0 radical (unpaired) electrons. The smallest absolute Gasteiger partial charge is 0.177 e. The topological polar surface area (TPSA) is 91.1 Å². The fraction of sp³-hybridized carbons (Fsp3) is 0.353. The first-order chi connectivity index (χ1) is 12.8. The molecule has 9 heteroatoms. The molecule has 0 aromatic carbocycles. The molecule has 5 rings (SSSR count). The Kier molecular flexibility index (Phi) is 3.52. The monoisotopic (exact) mass is 349 g/mol. The third-order valence-corrected chi connectivity index (χ3v) is 4.83. The van der Waals surface area contributed by atoms with Crippen LogP contribution in [-0.2, 0) is 6.54 Å². The van der Waals surface area contributed by atoms with Crippen LogP contribution in [0.3, 0.4) is 0 Å². The number of rotatable bonds is 3. The third-order valence-electron chi connectivity index (χ3n) is 4.83. The molecule has 9 nitrogen and oxygen atoms in total. The summed E-state index contributed by atoms with van der Waals surface area (Å²) >= 11 is 0. The maximum absolute atomic E-state index is 4.62. The molecular formula is C17H19N9. The van der Waals surface area contributed by atoms with Crippen LogP contribution in [0.4, 0.5) is 5.82 Å². The maximum atomic E-state index is 4.62. The van der Waals surface area contributed by atoms with E-state index in [1.807, 2.05) is 24.3 Å². The Bertz CT molecular complexity index is 1020. The van der Waals surface area contributed by atoms with Crippen molar-refractivity contribution in [1.82, 2.24) is 39.7 Å². The second kappa shape index (κ2) is 6.03. The number of imidazole rings is 1. The molecule has 1 atom stereocenters. The van der Waals surface area contributed by atoms with E-state index in [0.717, 1.165) is 54.6 Å². The minimum absolute atomic E-state index is 0.354. The summed E-state index contributed by atoms with van der Waals surface area (Å²) in [6.45, 7) is 5.85. The number of pyridine rings is 1. The van der Waals surface area contributed by atoms with E-state index in [-0.39, 0.29) is 0 Å². The lowest BCUT2D eigenvalue weighted by Gasteiger charge is -2.40. The van der Waals surface area contributed by atoms with Gasteiger partial charge < -0.3 is 9.88 Å². The fourth-order valence-electron chi connectivity index (χ4n) is 3.57. The molecule has 26 heavy (non-hydrogen) atoms. The van der Waals surface area contributed by atoms with E-state index in [9.17, 15) is 0 Å². The van der Waals surface area contributed by atoms with Crippen LogP contribution in [0.5, 0.6) is 0 Å². The van der Waals surface area contributed by atoms with E-state index >= 15 is 0 Å². The van der Waals surface area contributed by atoms with Gasteiger partial charge >= 0.3 is 0 Å². The predicted octanol–water partition coefficient (Wildman–Crippen LogP) is 1.11. The highest BCUT2D eigenvalue weighted by Crippen LogP contribution is 2.19. The highest BCUT2D eigenvalue weighted by Gasteiger charge is 2.25. The Balaban J connectivity index is 1.30. The summed E-state index contributed by atoms with van der Waals surface area (Å²) in [7, 11) is 0. The number of aromatic nitrogens is 7. The molecule has 0 unspecified atom stereocenters. The van der Waals surface area contributed by atoms with Gasteiger partial charge in [-0.3, -0.25) is 4.90 Å². The number of fused-ring (bicyclic) bond motifs is 2. The summed E-state index contributed by atoms with van der Waals surface area (Å²) in [6.07, 6.45) is 3.41. The molecule has 4 aromatic heterocycles. The van der Waals surface area contributed by atoms with E-state index < -0.39 is 0 Å². The number of anilines is 1. The average molecular weight is 349 g/mol. The Labute approximate surface area is 149 Å². The van der Waals surface area contributed by atoms with Crippen LogP contribution in [0, 0.1) is 0 Å². The minimum Gasteiger partial charge on any atom is -0.350 e. The SMILES string of the molecule is C[C@H]1CN(Cc2nc3ncccc3[nH]2)CCN1c1ccc2nncn2n1. The van der Waals surface area contributed by atoms with Crippen LogP contribution in [0.1, 0.15) is 12.7 Å². The van der Waals surface area contributed by atoms with Crippen LogP contribution in [-0.4, -0.2) is 65.3 Å². The van der Waals surface area contributed by atoms with E-state index in [1.54, 1.807) is 17.0 Å². The molecule has 1 N–H and O–H groups in total. The van der Waals surface area contributed by atoms with Crippen LogP contribution >= 0.6 is 0 Å². The molecule has 1 saturated heterocycles. The standard InChI is InChI=1S/C17H19N9/c1-12-9-24(10-14-20-13-3-2-6-18-17(13)21-14)7-8-25(12)16-5-4-15-22-19-11-26(15)23-16/h2-6,11-12H,7-10H2,1H3,(H,18,20,21)/t12-/m0/s1. The van der Waals surface area contributed by atoms with Gasteiger partial charge in [0.05, 0.1) is 12.1 Å². The number of H-pyrrole nitrogens is 1. The predicted molar refractivity (Wildman–Crippen MR) is 96.8 cm³/mol. The van der Waals surface area contributed by atoms with Crippen molar-refractivity contribution < 1.29 is 0 Å². The fourth-order valence-corrected chi connectivity index (χ4v) is 3.57. The highest BCUT2D eigenvalue weighted by atomic mass is 15.4. The molecule has 0 saturated carbocycles. The van der Waals surface area contributed by atoms with Crippen molar-refractivity contribution in [3.05, 3.63) is 42.6 Å². The van der Waals surface area contributed by atoms with Gasteiger partial charge in [0.1, 0.15) is 18.0 Å². The molecular weight excluding hydrogens is 330 g/mol. The first-order valence-electron chi connectivity index (χ1n) is 8.72. The lowest BCUT2D eigenvalue weighted by Crippen LogP contribution is -2.52. The molecule has 0 amide bonds. The molecule has 0 spiro atoms. The Morgan fingerprint density at radius 1 is 1.23 bits per heavy atom. The number of nitrogens with one attached hydrogen (secondary N) is 1. The summed E-state index contributed by atoms with van der Waals surface area (Å²) in [6, 6.07) is 8.25. The minimum atomic E-state index is 0.354. The second-order valence-electron chi connectivity index (χ2n) is 6.66. The number of piperazine rings is 1. The zero-order valence-corrected chi connectivity index (χ0v) is 14.4. The van der Waals surface area contributed by atoms with Gasteiger partial charge in [-0.05, 0) is 31.2 Å². The van der Waals surface area contributed by atoms with Crippen LogP contribution in [0.15, 0.2) is 36.8 Å². The van der Waals surface area contributed by atoms with Crippen molar-refractivity contribution in [2.24, 2.45) is 0 Å². The van der Waals surface area contributed by atoms with Crippen molar-refractivity contribution in [3.8, 4) is 0 Å². The van der Waals surface area contributed by atoms with Crippen molar-refractivity contribution in [3.63, 3.8) is 0 Å². The molecule has 1 fully saturated rings. The van der Waals surface area contributed by atoms with Gasteiger partial charge in [0.15, 0.2) is 11.3 Å². The number of nitrogens with zero attached hydrogens (tertiary/aromatic N) is 8. The maximum Gasteiger partial charge on any atom is 0.177 e. The second-order valence-corrected chi connectivity index (χ2v) is 6.66. The Hall–Kier alpha value is -3.07. The van der Waals surface area contributed by atoms with Gasteiger partial charge in [0.25, 0.3) is 0 Å². The van der Waals surface area contributed by atoms with E-state index in [1.165, 1.54) is 0 Å². The van der Waals surface area contributed by atoms with Gasteiger partial charge in [-0.2, -0.15) is 4.52 Å². The molecule has 4 aromatic rings. The van der Waals surface area contributed by atoms with E-state index in [2.05, 4.69) is 47.0 Å². The van der Waals surface area contributed by atoms with Gasteiger partial charge in [0, 0.05) is 31.9 Å². The van der Waals surface area contributed by atoms with Crippen molar-refractivity contribution in [2.75, 3.05) is 24.5 Å². The van der Waals surface area contributed by atoms with Crippen LogP contribution < -0.4 is 4.90 Å². The molecule has 132 valence electrons. The van der Waals surface area contributed by atoms with Gasteiger partial charge in [-0.15, -0.1) is 15.3 Å². The van der Waals surface area contributed by atoms with Crippen LogP contribution in [0.25, 0.3) is 16.8 Å². The molecule has 0 bridgehead atoms. The zero-order valence-electron chi connectivity index (χ0n) is 14.4. The molecule has 5 heterocycles. The van der Waals surface area contributed by atoms with E-state index in [4.69, 9.17) is 0 Å². The van der Waals surface area contributed by atoms with Gasteiger partial charge in [-0.1, -0.05) is 0 Å². The lowest BCUT2D eigenvalue weighted by atomic mass is 10.2. The van der Waals surface area contributed by atoms with Crippen molar-refractivity contribution >= 4 is 22.6 Å². The summed E-state index contributed by atoms with van der Waals surface area (Å²) in [5.41, 5.74) is 2.53. The number of hydrogen-bond acceptors (Lipinski definition) is 7. The highest BCUT2D eigenvalue weighted by molar-refractivity contribution is 5.69. The normalized spacial score (nSPS) is 18.8. The quantitative estimate of drug-likeness (QED) is 0.592. The Morgan fingerprint density at radius 3 is 3.08 bits per heavy atom. The number of aromatic amines is 1. The lowest BCUT2D eigenvalue weighted by molar-refractivity contribution is 0.216. The molecule has 1 aliphatic rings. The Morgan fingerprint density at radius 2 is 2.19 bits per heavy atom. The summed E-state index contributed by atoms with van der Waals surface area (Å²) in [4.78, 5) is 17.0. The largest absolute Gasteiger partial charge is 0.350 e.